The van der Waals surface area contributed by atoms with E-state index in [0.717, 1.165) is 18.5 Å². The highest BCUT2D eigenvalue weighted by Gasteiger charge is 2.38. The lowest BCUT2D eigenvalue weighted by atomic mass is 9.92. The zero-order chi connectivity index (χ0) is 26.2. The molecule has 9 nitrogen and oxygen atoms in total. The Balaban J connectivity index is 1.96. The van der Waals surface area contributed by atoms with Crippen molar-refractivity contribution in [1.82, 2.24) is 25.3 Å². The van der Waals surface area contributed by atoms with E-state index in [0.29, 0.717) is 56.5 Å². The van der Waals surface area contributed by atoms with Gasteiger partial charge in [0.25, 0.3) is 0 Å². The van der Waals surface area contributed by atoms with E-state index in [2.05, 4.69) is 29.4 Å². The van der Waals surface area contributed by atoms with Crippen molar-refractivity contribution in [3.63, 3.8) is 0 Å². The molecule has 4 amide bonds. The van der Waals surface area contributed by atoms with Gasteiger partial charge in [-0.05, 0) is 44.2 Å². The summed E-state index contributed by atoms with van der Waals surface area (Å²) in [6, 6.07) is 7.19. The molecule has 1 fully saturated rings. The summed E-state index contributed by atoms with van der Waals surface area (Å²) in [5.41, 5.74) is 3.19. The second kappa shape index (κ2) is 12.8. The zero-order valence-corrected chi connectivity index (χ0v) is 22.3. The van der Waals surface area contributed by atoms with Crippen LogP contribution in [-0.4, -0.2) is 85.2 Å². The van der Waals surface area contributed by atoms with Gasteiger partial charge in [-0.3, -0.25) is 9.80 Å². The minimum absolute atomic E-state index is 0.0529. The summed E-state index contributed by atoms with van der Waals surface area (Å²) in [6.45, 7) is 14.3. The molecule has 0 aliphatic carbocycles. The van der Waals surface area contributed by atoms with Gasteiger partial charge < -0.3 is 20.3 Å². The molecule has 0 saturated carbocycles. The van der Waals surface area contributed by atoms with Gasteiger partial charge >= 0.3 is 18.0 Å². The van der Waals surface area contributed by atoms with Crippen LogP contribution in [0.1, 0.15) is 64.1 Å². The van der Waals surface area contributed by atoms with Crippen molar-refractivity contribution in [3.05, 3.63) is 46.7 Å². The second-order valence-corrected chi connectivity index (χ2v) is 9.48. The van der Waals surface area contributed by atoms with Gasteiger partial charge in [-0.2, -0.15) is 0 Å². The number of carbonyl (C=O) groups excluding carboxylic acids is 3. The highest BCUT2D eigenvalue weighted by molar-refractivity contribution is 5.95. The zero-order valence-electron chi connectivity index (χ0n) is 22.3. The van der Waals surface area contributed by atoms with Crippen LogP contribution in [0.5, 0.6) is 0 Å². The molecule has 2 aliphatic heterocycles. The third-order valence-corrected chi connectivity index (χ3v) is 6.76. The Kier molecular flexibility index (Phi) is 9.75. The molecule has 198 valence electrons. The van der Waals surface area contributed by atoms with Gasteiger partial charge in [-0.15, -0.1) is 0 Å². The topological polar surface area (TPSA) is 94.2 Å². The maximum atomic E-state index is 13.3. The van der Waals surface area contributed by atoms with Crippen LogP contribution in [0.25, 0.3) is 0 Å². The average molecular weight is 500 g/mol. The van der Waals surface area contributed by atoms with Gasteiger partial charge in [0.05, 0.1) is 18.2 Å². The van der Waals surface area contributed by atoms with E-state index in [1.54, 1.807) is 11.8 Å². The fourth-order valence-electron chi connectivity index (χ4n) is 4.79. The van der Waals surface area contributed by atoms with E-state index in [9.17, 15) is 14.4 Å². The molecule has 1 saturated heterocycles. The van der Waals surface area contributed by atoms with Crippen LogP contribution in [0.4, 0.5) is 9.59 Å². The standard InChI is InChI=1S/C27H41N5O4/c1-6-28-26(34)31-15-9-14-30(16-17-31)18-22-23(25(33)36-8-3)24(29-27(35)32(22)7-2)21-12-10-20(11-13-21)19(4)5/h10-13,19,24H,6-9,14-18H2,1-5H3,(H,28,34)(H,29,35). The maximum Gasteiger partial charge on any atom is 0.338 e. The molecule has 2 heterocycles. The van der Waals surface area contributed by atoms with Crippen LogP contribution in [0, 0.1) is 0 Å². The molecular formula is C27H41N5O4. The number of urea groups is 2. The monoisotopic (exact) mass is 499 g/mol. The molecule has 1 aromatic rings. The first kappa shape index (κ1) is 27.5. The van der Waals surface area contributed by atoms with Crippen molar-refractivity contribution in [2.45, 2.75) is 53.0 Å². The largest absolute Gasteiger partial charge is 0.463 e. The maximum absolute atomic E-state index is 13.3. The molecule has 9 heteroatoms. The van der Waals surface area contributed by atoms with Crippen LogP contribution >= 0.6 is 0 Å². The molecule has 1 unspecified atom stereocenters. The minimum atomic E-state index is -0.589. The SMILES string of the molecule is CCNC(=O)N1CCCN(CC2=C(C(=O)OCC)C(c3ccc(C(C)C)cc3)NC(=O)N2CC)CC1. The van der Waals surface area contributed by atoms with Crippen molar-refractivity contribution in [1.29, 1.82) is 0 Å². The first-order valence-corrected chi connectivity index (χ1v) is 13.1. The lowest BCUT2D eigenvalue weighted by Gasteiger charge is -2.38. The molecule has 1 atom stereocenters. The number of likely N-dealkylation sites (N-methyl/N-ethyl adjacent to an activating group) is 1. The van der Waals surface area contributed by atoms with E-state index in [4.69, 9.17) is 4.74 Å². The smallest absolute Gasteiger partial charge is 0.338 e. The van der Waals surface area contributed by atoms with Crippen molar-refractivity contribution < 1.29 is 19.1 Å². The Morgan fingerprint density at radius 2 is 1.81 bits per heavy atom. The molecule has 0 radical (unpaired) electrons. The number of nitrogens with zero attached hydrogens (tertiary/aromatic N) is 3. The third-order valence-electron chi connectivity index (χ3n) is 6.76. The Hall–Kier alpha value is -3.07. The third kappa shape index (κ3) is 6.37. The van der Waals surface area contributed by atoms with Gasteiger partial charge in [-0.25, -0.2) is 14.4 Å². The van der Waals surface area contributed by atoms with Crippen LogP contribution in [-0.2, 0) is 9.53 Å². The lowest BCUT2D eigenvalue weighted by molar-refractivity contribution is -0.139. The number of amides is 4. The number of esters is 1. The second-order valence-electron chi connectivity index (χ2n) is 9.48. The minimum Gasteiger partial charge on any atom is -0.463 e. The Labute approximate surface area is 214 Å². The van der Waals surface area contributed by atoms with Crippen molar-refractivity contribution in [2.75, 3.05) is 52.4 Å². The van der Waals surface area contributed by atoms with Crippen molar-refractivity contribution in [2.24, 2.45) is 0 Å². The predicted octanol–water partition coefficient (Wildman–Crippen LogP) is 3.45. The summed E-state index contributed by atoms with van der Waals surface area (Å²) >= 11 is 0. The fourth-order valence-corrected chi connectivity index (χ4v) is 4.79. The summed E-state index contributed by atoms with van der Waals surface area (Å²) < 4.78 is 5.49. The average Bonchev–Trinajstić information content (AvgIpc) is 3.10. The highest BCUT2D eigenvalue weighted by Crippen LogP contribution is 2.33. The van der Waals surface area contributed by atoms with E-state index in [-0.39, 0.29) is 18.7 Å². The number of hydrogen-bond donors (Lipinski definition) is 2. The molecule has 1 aromatic carbocycles. The van der Waals surface area contributed by atoms with E-state index >= 15 is 0 Å². The normalized spacial score (nSPS) is 19.3. The molecule has 2 N–H and O–H groups in total. The van der Waals surface area contributed by atoms with Crippen molar-refractivity contribution >= 4 is 18.0 Å². The number of rotatable bonds is 8. The Bertz CT molecular complexity index is 959. The van der Waals surface area contributed by atoms with Crippen LogP contribution in [0.3, 0.4) is 0 Å². The lowest BCUT2D eigenvalue weighted by Crippen LogP contribution is -2.51. The molecule has 0 spiro atoms. The molecule has 36 heavy (non-hydrogen) atoms. The first-order valence-electron chi connectivity index (χ1n) is 13.1. The van der Waals surface area contributed by atoms with Gasteiger partial charge in [-0.1, -0.05) is 38.1 Å². The number of carbonyl (C=O) groups is 3. The van der Waals surface area contributed by atoms with Crippen LogP contribution in [0.2, 0.25) is 0 Å². The molecular weight excluding hydrogens is 458 g/mol. The van der Waals surface area contributed by atoms with Gasteiger partial charge in [0, 0.05) is 51.5 Å². The summed E-state index contributed by atoms with van der Waals surface area (Å²) in [5.74, 6) is -0.0316. The summed E-state index contributed by atoms with van der Waals surface area (Å²) in [5, 5.41) is 5.90. The summed E-state index contributed by atoms with van der Waals surface area (Å²) in [7, 11) is 0. The fraction of sp³-hybridized carbons (Fsp3) is 0.593. The molecule has 3 rings (SSSR count). The molecule has 2 aliphatic rings. The predicted molar refractivity (Wildman–Crippen MR) is 140 cm³/mol. The Morgan fingerprint density at radius 3 is 2.42 bits per heavy atom. The van der Waals surface area contributed by atoms with E-state index in [1.165, 1.54) is 5.56 Å². The van der Waals surface area contributed by atoms with Gasteiger partial charge in [0.2, 0.25) is 0 Å². The van der Waals surface area contributed by atoms with Crippen LogP contribution in [0.15, 0.2) is 35.5 Å². The van der Waals surface area contributed by atoms with E-state index in [1.807, 2.05) is 43.0 Å². The summed E-state index contributed by atoms with van der Waals surface area (Å²) in [4.78, 5) is 44.5. The number of nitrogens with one attached hydrogen (secondary N) is 2. The number of benzene rings is 1. The highest BCUT2D eigenvalue weighted by atomic mass is 16.5. The van der Waals surface area contributed by atoms with Gasteiger partial charge in [0.15, 0.2) is 0 Å². The quantitative estimate of drug-likeness (QED) is 0.535. The van der Waals surface area contributed by atoms with Crippen molar-refractivity contribution in [3.8, 4) is 0 Å². The Morgan fingerprint density at radius 1 is 1.08 bits per heavy atom. The summed E-state index contributed by atoms with van der Waals surface area (Å²) in [6.07, 6.45) is 0.817. The van der Waals surface area contributed by atoms with Crippen LogP contribution < -0.4 is 10.6 Å². The van der Waals surface area contributed by atoms with Gasteiger partial charge in [0.1, 0.15) is 0 Å². The molecule has 0 bridgehead atoms. The first-order chi connectivity index (χ1) is 17.3. The molecule has 0 aromatic heterocycles. The van der Waals surface area contributed by atoms with E-state index < -0.39 is 12.0 Å². The number of ether oxygens (including phenoxy) is 1. The number of hydrogen-bond acceptors (Lipinski definition) is 5.